The van der Waals surface area contributed by atoms with Gasteiger partial charge in [-0.15, -0.1) is 0 Å². The molecule has 0 spiro atoms. The second-order valence-corrected chi connectivity index (χ2v) is 5.46. The van der Waals surface area contributed by atoms with Crippen molar-refractivity contribution in [1.82, 2.24) is 0 Å². The molecule has 0 heterocycles. The summed E-state index contributed by atoms with van der Waals surface area (Å²) in [4.78, 5) is 0. The van der Waals surface area contributed by atoms with E-state index in [0.29, 0.717) is 12.4 Å². The van der Waals surface area contributed by atoms with Gasteiger partial charge in [-0.1, -0.05) is 64.7 Å². The lowest BCUT2D eigenvalue weighted by Crippen LogP contribution is -2.17. The van der Waals surface area contributed by atoms with Crippen molar-refractivity contribution in [3.05, 3.63) is 0 Å². The van der Waals surface area contributed by atoms with Gasteiger partial charge >= 0.3 is 0 Å². The first kappa shape index (κ1) is 18.3. The molecule has 18 heavy (non-hydrogen) atoms. The van der Waals surface area contributed by atoms with E-state index in [9.17, 15) is 5.11 Å². The Bertz CT molecular complexity index is 153. The zero-order valence-corrected chi connectivity index (χ0v) is 13.0. The zero-order valence-electron chi connectivity index (χ0n) is 12.1. The summed E-state index contributed by atoms with van der Waals surface area (Å²) < 4.78 is 5.36. The molecule has 0 aromatic carbocycles. The van der Waals surface area contributed by atoms with Crippen LogP contribution in [0.2, 0.25) is 0 Å². The molecular formula is C15H32O2S. The number of aliphatic hydroxyl groups is 1. The van der Waals surface area contributed by atoms with Gasteiger partial charge < -0.3 is 9.84 Å². The third-order valence-electron chi connectivity index (χ3n) is 3.16. The van der Waals surface area contributed by atoms with Crippen molar-refractivity contribution in [3.8, 4) is 0 Å². The van der Waals surface area contributed by atoms with Gasteiger partial charge in [-0.05, 0) is 6.42 Å². The van der Waals surface area contributed by atoms with Crippen LogP contribution in [0.5, 0.6) is 0 Å². The van der Waals surface area contributed by atoms with Crippen molar-refractivity contribution in [2.75, 3.05) is 19.0 Å². The summed E-state index contributed by atoms with van der Waals surface area (Å²) in [5, 5.41) is 9.22. The Morgan fingerprint density at radius 1 is 0.889 bits per heavy atom. The molecule has 0 aromatic heterocycles. The average Bonchev–Trinajstić information content (AvgIpc) is 2.39. The Labute approximate surface area is 119 Å². The molecule has 0 aliphatic carbocycles. The van der Waals surface area contributed by atoms with Crippen molar-refractivity contribution < 1.29 is 9.84 Å². The normalized spacial score (nSPS) is 12.8. The lowest BCUT2D eigenvalue weighted by molar-refractivity contribution is 0.0469. The van der Waals surface area contributed by atoms with E-state index in [2.05, 4.69) is 19.6 Å². The van der Waals surface area contributed by atoms with E-state index in [1.54, 1.807) is 0 Å². The van der Waals surface area contributed by atoms with Gasteiger partial charge in [0, 0.05) is 12.4 Å². The lowest BCUT2D eigenvalue weighted by Gasteiger charge is -2.08. The van der Waals surface area contributed by atoms with E-state index >= 15 is 0 Å². The number of ether oxygens (including phenoxy) is 1. The van der Waals surface area contributed by atoms with Gasteiger partial charge in [0.1, 0.15) is 0 Å². The Kier molecular flexibility index (Phi) is 15.6. The molecule has 0 saturated heterocycles. The molecule has 0 aromatic rings. The van der Waals surface area contributed by atoms with Crippen LogP contribution in [0.25, 0.3) is 0 Å². The smallest absolute Gasteiger partial charge is 0.0861 e. The SMILES string of the molecule is CCCCCCCCCCCCOCC(O)CS. The molecule has 0 aliphatic rings. The maximum atomic E-state index is 9.22. The highest BCUT2D eigenvalue weighted by molar-refractivity contribution is 7.80. The molecule has 0 radical (unpaired) electrons. The summed E-state index contributed by atoms with van der Waals surface area (Å²) >= 11 is 4.00. The molecular weight excluding hydrogens is 244 g/mol. The molecule has 0 aliphatic heterocycles. The summed E-state index contributed by atoms with van der Waals surface area (Å²) in [6.07, 6.45) is 13.0. The first-order valence-corrected chi connectivity index (χ1v) is 8.31. The van der Waals surface area contributed by atoms with E-state index in [1.807, 2.05) is 0 Å². The Balaban J connectivity index is 2.94. The number of hydrogen-bond donors (Lipinski definition) is 2. The van der Waals surface area contributed by atoms with E-state index < -0.39 is 6.10 Å². The highest BCUT2D eigenvalue weighted by atomic mass is 32.1. The first-order chi connectivity index (χ1) is 8.81. The summed E-state index contributed by atoms with van der Waals surface area (Å²) in [6.45, 7) is 3.47. The molecule has 110 valence electrons. The number of unbranched alkanes of at least 4 members (excludes halogenated alkanes) is 9. The third-order valence-corrected chi connectivity index (χ3v) is 3.58. The van der Waals surface area contributed by atoms with Crippen molar-refractivity contribution in [1.29, 1.82) is 0 Å². The minimum atomic E-state index is -0.406. The van der Waals surface area contributed by atoms with Crippen LogP contribution in [0.4, 0.5) is 0 Å². The minimum Gasteiger partial charge on any atom is -0.390 e. The molecule has 0 rings (SSSR count). The highest BCUT2D eigenvalue weighted by Gasteiger charge is 1.99. The van der Waals surface area contributed by atoms with Crippen molar-refractivity contribution in [3.63, 3.8) is 0 Å². The van der Waals surface area contributed by atoms with Gasteiger partial charge in [0.2, 0.25) is 0 Å². The third kappa shape index (κ3) is 14.3. The van der Waals surface area contributed by atoms with Gasteiger partial charge in [0.25, 0.3) is 0 Å². The average molecular weight is 276 g/mol. The number of thiol groups is 1. The van der Waals surface area contributed by atoms with Crippen molar-refractivity contribution in [2.24, 2.45) is 0 Å². The van der Waals surface area contributed by atoms with Gasteiger partial charge in [-0.2, -0.15) is 12.6 Å². The molecule has 2 nitrogen and oxygen atoms in total. The second-order valence-electron chi connectivity index (χ2n) is 5.09. The van der Waals surface area contributed by atoms with Crippen LogP contribution in [-0.2, 0) is 4.74 Å². The summed E-state index contributed by atoms with van der Waals surface area (Å²) in [7, 11) is 0. The topological polar surface area (TPSA) is 29.5 Å². The molecule has 1 unspecified atom stereocenters. The first-order valence-electron chi connectivity index (χ1n) is 7.68. The summed E-state index contributed by atoms with van der Waals surface area (Å²) in [5.74, 6) is 0.484. The maximum absolute atomic E-state index is 9.22. The van der Waals surface area contributed by atoms with Crippen LogP contribution in [0.1, 0.15) is 71.1 Å². The fourth-order valence-corrected chi connectivity index (χ4v) is 2.07. The van der Waals surface area contributed by atoms with E-state index in [4.69, 9.17) is 4.74 Å². The van der Waals surface area contributed by atoms with Gasteiger partial charge in [0.15, 0.2) is 0 Å². The summed E-state index contributed by atoms with van der Waals surface area (Å²) in [6, 6.07) is 0. The van der Waals surface area contributed by atoms with Crippen LogP contribution in [0.3, 0.4) is 0 Å². The Hall–Kier alpha value is 0.270. The molecule has 0 amide bonds. The van der Waals surface area contributed by atoms with Gasteiger partial charge in [-0.3, -0.25) is 0 Å². The predicted octanol–water partition coefficient (Wildman–Crippen LogP) is 4.21. The number of rotatable bonds is 14. The standard InChI is InChI=1S/C15H32O2S/c1-2-3-4-5-6-7-8-9-10-11-12-17-13-15(16)14-18/h15-16,18H,2-14H2,1H3. The van der Waals surface area contributed by atoms with Gasteiger partial charge in [-0.25, -0.2) is 0 Å². The number of aliphatic hydroxyl groups excluding tert-OH is 1. The summed E-state index contributed by atoms with van der Waals surface area (Å²) in [5.41, 5.74) is 0. The predicted molar refractivity (Wildman–Crippen MR) is 82.5 cm³/mol. The fourth-order valence-electron chi connectivity index (χ4n) is 1.96. The molecule has 3 heteroatoms. The van der Waals surface area contributed by atoms with Gasteiger partial charge in [0.05, 0.1) is 12.7 Å². The molecule has 0 saturated carbocycles. The van der Waals surface area contributed by atoms with Crippen LogP contribution in [-0.4, -0.2) is 30.2 Å². The quantitative estimate of drug-likeness (QED) is 0.367. The molecule has 1 atom stereocenters. The van der Waals surface area contributed by atoms with Crippen LogP contribution in [0, 0.1) is 0 Å². The van der Waals surface area contributed by atoms with Crippen LogP contribution in [0.15, 0.2) is 0 Å². The maximum Gasteiger partial charge on any atom is 0.0861 e. The molecule has 1 N–H and O–H groups in total. The number of hydrogen-bond acceptors (Lipinski definition) is 3. The fraction of sp³-hybridized carbons (Fsp3) is 1.00. The monoisotopic (exact) mass is 276 g/mol. The van der Waals surface area contributed by atoms with Crippen molar-refractivity contribution >= 4 is 12.6 Å². The van der Waals surface area contributed by atoms with Crippen LogP contribution < -0.4 is 0 Å². The van der Waals surface area contributed by atoms with Crippen molar-refractivity contribution in [2.45, 2.75) is 77.2 Å². The largest absolute Gasteiger partial charge is 0.390 e. The van der Waals surface area contributed by atoms with E-state index in [-0.39, 0.29) is 0 Å². The Morgan fingerprint density at radius 3 is 1.89 bits per heavy atom. The Morgan fingerprint density at radius 2 is 1.39 bits per heavy atom. The molecule has 0 bridgehead atoms. The van der Waals surface area contributed by atoms with E-state index in [1.165, 1.54) is 57.8 Å². The second kappa shape index (κ2) is 15.3. The lowest BCUT2D eigenvalue weighted by atomic mass is 10.1. The zero-order chi connectivity index (χ0) is 13.5. The minimum absolute atomic E-state index is 0.406. The van der Waals surface area contributed by atoms with Crippen LogP contribution >= 0.6 is 12.6 Å². The highest BCUT2D eigenvalue weighted by Crippen LogP contribution is 2.10. The van der Waals surface area contributed by atoms with E-state index in [0.717, 1.165) is 13.0 Å². The molecule has 0 fully saturated rings.